The Morgan fingerprint density at radius 2 is 1.50 bits per heavy atom. The molecule has 0 radical (unpaired) electrons. The van der Waals surface area contributed by atoms with Crippen molar-refractivity contribution < 1.29 is 0 Å². The van der Waals surface area contributed by atoms with Gasteiger partial charge < -0.3 is 4.57 Å². The molecule has 0 saturated heterocycles. The van der Waals surface area contributed by atoms with E-state index in [0.29, 0.717) is 0 Å². The van der Waals surface area contributed by atoms with E-state index in [-0.39, 0.29) is 0 Å². The molecule has 3 aromatic rings. The first-order valence-electron chi connectivity index (χ1n) is 10.8. The van der Waals surface area contributed by atoms with Crippen molar-refractivity contribution in [3.63, 3.8) is 0 Å². The first-order chi connectivity index (χ1) is 13.8. The van der Waals surface area contributed by atoms with Gasteiger partial charge in [0, 0.05) is 36.6 Å². The van der Waals surface area contributed by atoms with E-state index in [1.165, 1.54) is 63.2 Å². The van der Waals surface area contributed by atoms with Crippen molar-refractivity contribution in [2.75, 3.05) is 0 Å². The average molecular weight is 378 g/mol. The van der Waals surface area contributed by atoms with Crippen LogP contribution in [0, 0.1) is 0 Å². The molecule has 0 aliphatic rings. The van der Waals surface area contributed by atoms with Gasteiger partial charge in [0.1, 0.15) is 5.82 Å². The lowest BCUT2D eigenvalue weighted by atomic mass is 10.1. The van der Waals surface area contributed by atoms with Gasteiger partial charge in [0.15, 0.2) is 0 Å². The maximum atomic E-state index is 4.35. The van der Waals surface area contributed by atoms with Crippen LogP contribution in [-0.2, 0) is 6.42 Å². The summed E-state index contributed by atoms with van der Waals surface area (Å²) in [5.74, 6) is 1.15. The van der Waals surface area contributed by atoms with Crippen molar-refractivity contribution in [2.24, 2.45) is 0 Å². The van der Waals surface area contributed by atoms with Crippen LogP contribution in [0.2, 0.25) is 0 Å². The highest BCUT2D eigenvalue weighted by molar-refractivity contribution is 5.77. The van der Waals surface area contributed by atoms with E-state index in [0.717, 1.165) is 17.8 Å². The minimum Gasteiger partial charge on any atom is -0.311 e. The summed E-state index contributed by atoms with van der Waals surface area (Å²) in [4.78, 5) is 8.53. The summed E-state index contributed by atoms with van der Waals surface area (Å²) in [5, 5.41) is 1.20. The number of fused-ring (bicyclic) bond motifs is 1. The molecule has 0 aliphatic carbocycles. The number of pyridine rings is 1. The molecule has 0 fully saturated rings. The molecular formula is C25H35N3. The third kappa shape index (κ3) is 8.08. The van der Waals surface area contributed by atoms with Gasteiger partial charge in [-0.15, -0.1) is 0 Å². The largest absolute Gasteiger partial charge is 0.311 e. The molecule has 0 bridgehead atoms. The van der Waals surface area contributed by atoms with Crippen LogP contribution in [0.1, 0.15) is 70.5 Å². The quantitative estimate of drug-likeness (QED) is 0.328. The van der Waals surface area contributed by atoms with Crippen molar-refractivity contribution in [3.8, 4) is 0 Å². The van der Waals surface area contributed by atoms with Gasteiger partial charge in [0.05, 0.1) is 5.52 Å². The number of para-hydroxylation sites is 1. The van der Waals surface area contributed by atoms with Crippen molar-refractivity contribution in [3.05, 3.63) is 67.4 Å². The van der Waals surface area contributed by atoms with Crippen molar-refractivity contribution in [1.82, 2.24) is 14.5 Å². The summed E-state index contributed by atoms with van der Waals surface area (Å²) in [7, 11) is 0. The standard InChI is InChI=1S/C16H28N2.C9H7N/c1-3-5-6-7-8-9-10-11-12-13-16-17-14-15-18(16)4-2;1-2-6-9-8(4-1)5-3-7-10-9/h4,14-15H,2-3,5-13H2,1H3;1-7H. The van der Waals surface area contributed by atoms with Gasteiger partial charge in [0.2, 0.25) is 0 Å². The summed E-state index contributed by atoms with van der Waals surface area (Å²) < 4.78 is 2.02. The van der Waals surface area contributed by atoms with Gasteiger partial charge in [-0.05, 0) is 18.6 Å². The first kappa shape index (κ1) is 21.9. The van der Waals surface area contributed by atoms with E-state index in [1.54, 1.807) is 0 Å². The molecule has 0 unspecified atom stereocenters. The lowest BCUT2D eigenvalue weighted by Crippen LogP contribution is -1.95. The number of unbranched alkanes of at least 4 members (excludes halogenated alkanes) is 8. The second kappa shape index (κ2) is 13.7. The molecule has 0 atom stereocenters. The summed E-state index contributed by atoms with van der Waals surface area (Å²) in [5.41, 5.74) is 1.06. The zero-order chi connectivity index (χ0) is 19.9. The fourth-order valence-electron chi connectivity index (χ4n) is 3.31. The Morgan fingerprint density at radius 1 is 0.821 bits per heavy atom. The second-order valence-corrected chi connectivity index (χ2v) is 7.21. The molecule has 3 nitrogen and oxygen atoms in total. The Morgan fingerprint density at radius 3 is 2.21 bits per heavy atom. The number of benzene rings is 1. The fraction of sp³-hybridized carbons (Fsp3) is 0.440. The van der Waals surface area contributed by atoms with E-state index in [2.05, 4.69) is 35.6 Å². The van der Waals surface area contributed by atoms with E-state index in [1.807, 2.05) is 53.6 Å². The molecule has 3 heteroatoms. The summed E-state index contributed by atoms with van der Waals surface area (Å²) in [6.45, 7) is 6.05. The highest BCUT2D eigenvalue weighted by atomic mass is 15.0. The van der Waals surface area contributed by atoms with Gasteiger partial charge in [-0.3, -0.25) is 4.98 Å². The molecule has 0 aliphatic heterocycles. The monoisotopic (exact) mass is 377 g/mol. The summed E-state index contributed by atoms with van der Waals surface area (Å²) in [6, 6.07) is 12.1. The predicted octanol–water partition coefficient (Wildman–Crippen LogP) is 7.29. The average Bonchev–Trinajstić information content (AvgIpc) is 3.21. The molecule has 150 valence electrons. The Bertz CT molecular complexity index is 726. The molecule has 1 aromatic carbocycles. The molecule has 2 aromatic heterocycles. The van der Waals surface area contributed by atoms with Gasteiger partial charge in [0.25, 0.3) is 0 Å². The maximum absolute atomic E-state index is 4.35. The molecule has 0 amide bonds. The highest BCUT2D eigenvalue weighted by Crippen LogP contribution is 2.11. The van der Waals surface area contributed by atoms with Crippen molar-refractivity contribution in [1.29, 1.82) is 0 Å². The van der Waals surface area contributed by atoms with Crippen LogP contribution in [0.25, 0.3) is 17.1 Å². The lowest BCUT2D eigenvalue weighted by Gasteiger charge is -2.03. The molecule has 2 heterocycles. The summed E-state index contributed by atoms with van der Waals surface area (Å²) in [6.07, 6.45) is 20.9. The Labute approximate surface area is 170 Å². The number of rotatable bonds is 11. The number of imidazole rings is 1. The van der Waals surface area contributed by atoms with Gasteiger partial charge >= 0.3 is 0 Å². The zero-order valence-corrected chi connectivity index (χ0v) is 17.4. The topological polar surface area (TPSA) is 30.7 Å². The minimum absolute atomic E-state index is 1.06. The minimum atomic E-state index is 1.06. The van der Waals surface area contributed by atoms with E-state index >= 15 is 0 Å². The first-order valence-corrected chi connectivity index (χ1v) is 10.8. The third-order valence-electron chi connectivity index (χ3n) is 4.96. The van der Waals surface area contributed by atoms with Crippen LogP contribution in [0.4, 0.5) is 0 Å². The van der Waals surface area contributed by atoms with Crippen molar-refractivity contribution in [2.45, 2.75) is 71.1 Å². The van der Waals surface area contributed by atoms with Gasteiger partial charge in [-0.2, -0.15) is 0 Å². The maximum Gasteiger partial charge on any atom is 0.112 e. The van der Waals surface area contributed by atoms with E-state index < -0.39 is 0 Å². The Kier molecular flexibility index (Phi) is 10.7. The smallest absolute Gasteiger partial charge is 0.112 e. The fourth-order valence-corrected chi connectivity index (χ4v) is 3.31. The van der Waals surface area contributed by atoms with E-state index in [9.17, 15) is 0 Å². The molecule has 0 saturated carbocycles. The van der Waals surface area contributed by atoms with Gasteiger partial charge in [-0.25, -0.2) is 4.98 Å². The molecular weight excluding hydrogens is 342 g/mol. The number of aryl methyl sites for hydroxylation is 1. The molecule has 28 heavy (non-hydrogen) atoms. The van der Waals surface area contributed by atoms with Crippen LogP contribution in [0.5, 0.6) is 0 Å². The Hall–Kier alpha value is -2.42. The normalized spacial score (nSPS) is 10.5. The molecule has 0 spiro atoms. The number of hydrogen-bond acceptors (Lipinski definition) is 2. The van der Waals surface area contributed by atoms with Crippen LogP contribution in [0.3, 0.4) is 0 Å². The van der Waals surface area contributed by atoms with E-state index in [4.69, 9.17) is 0 Å². The van der Waals surface area contributed by atoms with Crippen LogP contribution < -0.4 is 0 Å². The third-order valence-corrected chi connectivity index (χ3v) is 4.96. The van der Waals surface area contributed by atoms with Crippen LogP contribution in [-0.4, -0.2) is 14.5 Å². The number of nitrogens with zero attached hydrogens (tertiary/aromatic N) is 3. The van der Waals surface area contributed by atoms with Crippen LogP contribution >= 0.6 is 0 Å². The van der Waals surface area contributed by atoms with Crippen molar-refractivity contribution >= 4 is 17.1 Å². The predicted molar refractivity (Wildman–Crippen MR) is 121 cm³/mol. The van der Waals surface area contributed by atoms with Gasteiger partial charge in [-0.1, -0.05) is 89.1 Å². The molecule has 0 N–H and O–H groups in total. The van der Waals surface area contributed by atoms with Crippen LogP contribution in [0.15, 0.2) is 61.6 Å². The number of aromatic nitrogens is 3. The molecule has 3 rings (SSSR count). The summed E-state index contributed by atoms with van der Waals surface area (Å²) >= 11 is 0. The number of hydrogen-bond donors (Lipinski definition) is 0. The lowest BCUT2D eigenvalue weighted by molar-refractivity contribution is 0.561. The zero-order valence-electron chi connectivity index (χ0n) is 17.4. The SMILES string of the molecule is C=Cn1ccnc1CCCCCCCCCCC.c1ccc2ncccc2c1. The second-order valence-electron chi connectivity index (χ2n) is 7.21. The Balaban J connectivity index is 0.000000233. The highest BCUT2D eigenvalue weighted by Gasteiger charge is 1.99.